The zero-order valence-corrected chi connectivity index (χ0v) is 10.6. The van der Waals surface area contributed by atoms with Crippen LogP contribution in [0.5, 0.6) is 0 Å². The zero-order chi connectivity index (χ0) is 13.7. The van der Waals surface area contributed by atoms with Crippen LogP contribution in [0, 0.1) is 5.92 Å². The molecular formula is C14H17NO4. The molecule has 0 saturated heterocycles. The Balaban J connectivity index is 1.89. The topological polar surface area (TPSA) is 75.6 Å². The molecule has 0 bridgehead atoms. The highest BCUT2D eigenvalue weighted by molar-refractivity contribution is 5.98. The van der Waals surface area contributed by atoms with Gasteiger partial charge in [0.15, 0.2) is 0 Å². The number of carbonyl (C=O) groups excluding carboxylic acids is 1. The van der Waals surface area contributed by atoms with Gasteiger partial charge in [0.25, 0.3) is 0 Å². The lowest BCUT2D eigenvalue weighted by atomic mass is 10.1. The Kier molecular flexibility index (Phi) is 4.39. The molecule has 0 unspecified atom stereocenters. The number of hydrogen-bond acceptors (Lipinski definition) is 3. The van der Waals surface area contributed by atoms with Gasteiger partial charge < -0.3 is 9.84 Å². The van der Waals surface area contributed by atoms with Crippen LogP contribution in [0.4, 0.5) is 10.5 Å². The van der Waals surface area contributed by atoms with Crippen molar-refractivity contribution in [2.45, 2.75) is 25.7 Å². The van der Waals surface area contributed by atoms with E-state index in [4.69, 9.17) is 9.84 Å². The third kappa shape index (κ3) is 3.71. The molecule has 0 aromatic heterocycles. The van der Waals surface area contributed by atoms with Crippen LogP contribution in [0.1, 0.15) is 36.0 Å². The standard InChI is InChI=1S/C14H17NO4/c16-13(17)11-7-3-4-8-12(11)15-14(18)19-9-10-5-1-2-6-10/h3-4,7-8,10H,1-2,5-6,9H2,(H,15,18)(H,16,17). The summed E-state index contributed by atoms with van der Waals surface area (Å²) in [7, 11) is 0. The summed E-state index contributed by atoms with van der Waals surface area (Å²) in [6, 6.07) is 6.26. The molecule has 0 radical (unpaired) electrons. The summed E-state index contributed by atoms with van der Waals surface area (Å²) in [5.74, 6) is -0.632. The van der Waals surface area contributed by atoms with Crippen LogP contribution in [0.3, 0.4) is 0 Å². The van der Waals surface area contributed by atoms with Gasteiger partial charge >= 0.3 is 12.1 Å². The molecule has 2 N–H and O–H groups in total. The molecule has 1 aliphatic rings. The molecule has 19 heavy (non-hydrogen) atoms. The molecule has 0 atom stereocenters. The Bertz CT molecular complexity index is 466. The molecule has 0 heterocycles. The maximum Gasteiger partial charge on any atom is 0.411 e. The predicted octanol–water partition coefficient (Wildman–Crippen LogP) is 3.12. The van der Waals surface area contributed by atoms with E-state index in [1.165, 1.54) is 18.9 Å². The van der Waals surface area contributed by atoms with Crippen LogP contribution in [0.25, 0.3) is 0 Å². The first-order valence-electron chi connectivity index (χ1n) is 6.43. The number of carboxylic acid groups (broad SMARTS) is 1. The van der Waals surface area contributed by atoms with Crippen molar-refractivity contribution in [3.05, 3.63) is 29.8 Å². The Morgan fingerprint density at radius 3 is 2.63 bits per heavy atom. The van der Waals surface area contributed by atoms with E-state index in [1.807, 2.05) is 0 Å². The minimum absolute atomic E-state index is 0.0558. The maximum absolute atomic E-state index is 11.6. The summed E-state index contributed by atoms with van der Waals surface area (Å²) in [6.45, 7) is 0.404. The first-order valence-corrected chi connectivity index (χ1v) is 6.43. The van der Waals surface area contributed by atoms with Crippen LogP contribution in [0.15, 0.2) is 24.3 Å². The highest BCUT2D eigenvalue weighted by atomic mass is 16.5. The molecule has 2 rings (SSSR count). The van der Waals surface area contributed by atoms with Gasteiger partial charge in [0.05, 0.1) is 17.9 Å². The monoisotopic (exact) mass is 263 g/mol. The number of amides is 1. The lowest BCUT2D eigenvalue weighted by molar-refractivity contribution is 0.0698. The Morgan fingerprint density at radius 2 is 1.95 bits per heavy atom. The van der Waals surface area contributed by atoms with Crippen LogP contribution in [0.2, 0.25) is 0 Å². The average molecular weight is 263 g/mol. The van der Waals surface area contributed by atoms with Crippen molar-refractivity contribution in [1.82, 2.24) is 0 Å². The van der Waals surface area contributed by atoms with Crippen molar-refractivity contribution in [3.63, 3.8) is 0 Å². The number of ether oxygens (including phenoxy) is 1. The van der Waals surface area contributed by atoms with Crippen molar-refractivity contribution < 1.29 is 19.4 Å². The first-order chi connectivity index (χ1) is 9.16. The molecule has 1 aromatic rings. The van der Waals surface area contributed by atoms with Gasteiger partial charge in [-0.25, -0.2) is 9.59 Å². The zero-order valence-electron chi connectivity index (χ0n) is 10.6. The van der Waals surface area contributed by atoms with Crippen molar-refractivity contribution in [2.75, 3.05) is 11.9 Å². The van der Waals surface area contributed by atoms with Crippen LogP contribution < -0.4 is 5.32 Å². The SMILES string of the molecule is O=C(Nc1ccccc1C(=O)O)OCC1CCCC1. The normalized spacial score (nSPS) is 15.2. The smallest absolute Gasteiger partial charge is 0.411 e. The van der Waals surface area contributed by atoms with Gasteiger partial charge in [-0.05, 0) is 30.9 Å². The minimum Gasteiger partial charge on any atom is -0.478 e. The maximum atomic E-state index is 11.6. The van der Waals surface area contributed by atoms with Gasteiger partial charge in [-0.3, -0.25) is 5.32 Å². The summed E-state index contributed by atoms with van der Waals surface area (Å²) in [6.07, 6.45) is 3.98. The third-order valence-corrected chi connectivity index (χ3v) is 3.32. The average Bonchev–Trinajstić information content (AvgIpc) is 2.90. The summed E-state index contributed by atoms with van der Waals surface area (Å²) in [5, 5.41) is 11.5. The van der Waals surface area contributed by atoms with E-state index in [0.717, 1.165) is 12.8 Å². The summed E-state index contributed by atoms with van der Waals surface area (Å²) >= 11 is 0. The number of para-hydroxylation sites is 1. The molecular weight excluding hydrogens is 246 g/mol. The minimum atomic E-state index is -1.08. The number of aromatic carboxylic acids is 1. The molecule has 1 amide bonds. The second kappa shape index (κ2) is 6.22. The van der Waals surface area contributed by atoms with Gasteiger partial charge in [0.1, 0.15) is 0 Å². The Morgan fingerprint density at radius 1 is 1.26 bits per heavy atom. The van der Waals surface area contributed by atoms with Crippen LogP contribution in [-0.4, -0.2) is 23.8 Å². The Hall–Kier alpha value is -2.04. The highest BCUT2D eigenvalue weighted by Gasteiger charge is 2.18. The quantitative estimate of drug-likeness (QED) is 0.875. The fourth-order valence-electron chi connectivity index (χ4n) is 2.30. The third-order valence-electron chi connectivity index (χ3n) is 3.32. The van der Waals surface area contributed by atoms with E-state index in [9.17, 15) is 9.59 Å². The molecule has 5 nitrogen and oxygen atoms in total. The lowest BCUT2D eigenvalue weighted by Crippen LogP contribution is -2.19. The number of anilines is 1. The van der Waals surface area contributed by atoms with E-state index < -0.39 is 12.1 Å². The van der Waals surface area contributed by atoms with Gasteiger partial charge in [-0.1, -0.05) is 25.0 Å². The van der Waals surface area contributed by atoms with Crippen LogP contribution in [-0.2, 0) is 4.74 Å². The van der Waals surface area contributed by atoms with Crippen molar-refractivity contribution in [2.24, 2.45) is 5.92 Å². The van der Waals surface area contributed by atoms with Gasteiger partial charge in [-0.2, -0.15) is 0 Å². The molecule has 102 valence electrons. The van der Waals surface area contributed by atoms with Crippen LogP contribution >= 0.6 is 0 Å². The van der Waals surface area contributed by atoms with Crippen molar-refractivity contribution in [1.29, 1.82) is 0 Å². The van der Waals surface area contributed by atoms with Gasteiger partial charge in [0.2, 0.25) is 0 Å². The predicted molar refractivity (Wildman–Crippen MR) is 70.3 cm³/mol. The second-order valence-electron chi connectivity index (χ2n) is 4.72. The number of rotatable bonds is 4. The van der Waals surface area contributed by atoms with E-state index in [0.29, 0.717) is 12.5 Å². The Labute approximate surface area is 111 Å². The molecule has 0 aliphatic heterocycles. The summed E-state index contributed by atoms with van der Waals surface area (Å²) in [4.78, 5) is 22.6. The van der Waals surface area contributed by atoms with E-state index >= 15 is 0 Å². The summed E-state index contributed by atoms with van der Waals surface area (Å²) < 4.78 is 5.12. The summed E-state index contributed by atoms with van der Waals surface area (Å²) in [5.41, 5.74) is 0.312. The van der Waals surface area contributed by atoms with E-state index in [-0.39, 0.29) is 11.3 Å². The highest BCUT2D eigenvalue weighted by Crippen LogP contribution is 2.25. The second-order valence-corrected chi connectivity index (χ2v) is 4.72. The molecule has 1 fully saturated rings. The number of carbonyl (C=O) groups is 2. The largest absolute Gasteiger partial charge is 0.478 e. The molecule has 0 spiro atoms. The molecule has 1 aliphatic carbocycles. The fourth-order valence-corrected chi connectivity index (χ4v) is 2.30. The molecule has 1 saturated carbocycles. The van der Waals surface area contributed by atoms with Gasteiger partial charge in [0, 0.05) is 0 Å². The van der Waals surface area contributed by atoms with Crippen molar-refractivity contribution in [3.8, 4) is 0 Å². The number of hydrogen-bond donors (Lipinski definition) is 2. The number of benzene rings is 1. The number of nitrogens with one attached hydrogen (secondary N) is 1. The number of carboxylic acids is 1. The molecule has 5 heteroatoms. The fraction of sp³-hybridized carbons (Fsp3) is 0.429. The van der Waals surface area contributed by atoms with Crippen molar-refractivity contribution >= 4 is 17.7 Å². The lowest BCUT2D eigenvalue weighted by Gasteiger charge is -2.12. The van der Waals surface area contributed by atoms with Gasteiger partial charge in [-0.15, -0.1) is 0 Å². The molecule has 1 aromatic carbocycles. The van der Waals surface area contributed by atoms with E-state index in [1.54, 1.807) is 18.2 Å². The first kappa shape index (κ1) is 13.4. The van der Waals surface area contributed by atoms with E-state index in [2.05, 4.69) is 5.32 Å².